The van der Waals surface area contributed by atoms with Crippen LogP contribution in [0, 0.1) is 0 Å². The molecule has 1 N–H and O–H groups in total. The third-order valence-corrected chi connectivity index (χ3v) is 6.39. The number of para-hydroxylation sites is 1. The van der Waals surface area contributed by atoms with Crippen molar-refractivity contribution in [2.75, 3.05) is 34.5 Å². The molecule has 0 bridgehead atoms. The molecule has 10 heteroatoms. The second-order valence-corrected chi connectivity index (χ2v) is 9.08. The molecule has 1 atom stereocenters. The molecule has 1 amide bonds. The maximum absolute atomic E-state index is 13.3. The van der Waals surface area contributed by atoms with Crippen LogP contribution in [0.25, 0.3) is 5.76 Å². The molecule has 0 spiro atoms. The molecular formula is C26H29Cl2NO7. The number of carbonyl (C=O) groups excluding carboxylic acids is 2. The van der Waals surface area contributed by atoms with Gasteiger partial charge in [0.2, 0.25) is 0 Å². The minimum atomic E-state index is -0.926. The zero-order valence-electron chi connectivity index (χ0n) is 20.8. The van der Waals surface area contributed by atoms with Gasteiger partial charge < -0.3 is 29.0 Å². The van der Waals surface area contributed by atoms with Crippen LogP contribution in [0.3, 0.4) is 0 Å². The number of aliphatic hydroxyl groups is 1. The Labute approximate surface area is 220 Å². The Morgan fingerprint density at radius 3 is 2.33 bits per heavy atom. The standard InChI is InChI=1S/C26H29Cl2NO7/c1-14(2)36-12-8-11-29-21(15-9-6-7-10-18(15)33-3)19(23(31)26(29)32)22(30)16-13-17(27)25(35-5)20(28)24(16)34-4/h6-7,9-10,13-14,21,30H,8,11-12H2,1-5H3/b22-19+. The van der Waals surface area contributed by atoms with Crippen molar-refractivity contribution >= 4 is 40.7 Å². The van der Waals surface area contributed by atoms with Gasteiger partial charge in [0.15, 0.2) is 11.5 Å². The molecule has 1 heterocycles. The molecule has 8 nitrogen and oxygen atoms in total. The van der Waals surface area contributed by atoms with Gasteiger partial charge in [-0.3, -0.25) is 9.59 Å². The van der Waals surface area contributed by atoms with E-state index in [-0.39, 0.29) is 45.3 Å². The molecule has 0 saturated carbocycles. The Hall–Kier alpha value is -2.94. The van der Waals surface area contributed by atoms with E-state index in [0.29, 0.717) is 24.3 Å². The van der Waals surface area contributed by atoms with E-state index < -0.39 is 23.5 Å². The van der Waals surface area contributed by atoms with Crippen LogP contribution in [0.4, 0.5) is 0 Å². The molecule has 2 aromatic carbocycles. The quantitative estimate of drug-likeness (QED) is 0.191. The average molecular weight is 538 g/mol. The largest absolute Gasteiger partial charge is 0.507 e. The van der Waals surface area contributed by atoms with Crippen molar-refractivity contribution in [2.24, 2.45) is 0 Å². The number of Topliss-reactive ketones (excluding diaryl/α,β-unsaturated/α-hetero) is 1. The number of ketones is 1. The van der Waals surface area contributed by atoms with E-state index in [0.717, 1.165) is 0 Å². The Balaban J connectivity index is 2.22. The number of hydrogen-bond donors (Lipinski definition) is 1. The number of amides is 1. The fraction of sp³-hybridized carbons (Fsp3) is 0.385. The summed E-state index contributed by atoms with van der Waals surface area (Å²) in [5, 5.41) is 11.6. The average Bonchev–Trinajstić information content (AvgIpc) is 3.10. The van der Waals surface area contributed by atoms with Crippen LogP contribution in [0.5, 0.6) is 17.2 Å². The highest BCUT2D eigenvalue weighted by Gasteiger charge is 2.47. The van der Waals surface area contributed by atoms with Crippen molar-refractivity contribution in [3.63, 3.8) is 0 Å². The number of hydrogen-bond acceptors (Lipinski definition) is 7. The minimum absolute atomic E-state index is 0.0166. The summed E-state index contributed by atoms with van der Waals surface area (Å²) in [5.41, 5.74) is 0.453. The highest BCUT2D eigenvalue weighted by atomic mass is 35.5. The van der Waals surface area contributed by atoms with Gasteiger partial charge in [-0.1, -0.05) is 41.4 Å². The normalized spacial score (nSPS) is 17.1. The van der Waals surface area contributed by atoms with Gasteiger partial charge >= 0.3 is 0 Å². The van der Waals surface area contributed by atoms with E-state index >= 15 is 0 Å². The van der Waals surface area contributed by atoms with Gasteiger partial charge in [0.25, 0.3) is 11.7 Å². The number of rotatable bonds is 10. The van der Waals surface area contributed by atoms with Gasteiger partial charge in [0.05, 0.1) is 49.6 Å². The smallest absolute Gasteiger partial charge is 0.295 e. The summed E-state index contributed by atoms with van der Waals surface area (Å²) >= 11 is 12.7. The first kappa shape index (κ1) is 27.6. The van der Waals surface area contributed by atoms with Gasteiger partial charge in [0.1, 0.15) is 16.5 Å². The van der Waals surface area contributed by atoms with E-state index in [9.17, 15) is 14.7 Å². The lowest BCUT2D eigenvalue weighted by Gasteiger charge is -2.27. The van der Waals surface area contributed by atoms with Crippen LogP contribution in [-0.2, 0) is 14.3 Å². The molecule has 1 unspecified atom stereocenters. The van der Waals surface area contributed by atoms with Crippen molar-refractivity contribution in [1.82, 2.24) is 4.90 Å². The molecule has 36 heavy (non-hydrogen) atoms. The van der Waals surface area contributed by atoms with Crippen LogP contribution >= 0.6 is 23.2 Å². The lowest BCUT2D eigenvalue weighted by atomic mass is 9.94. The molecular weight excluding hydrogens is 509 g/mol. The van der Waals surface area contributed by atoms with E-state index in [2.05, 4.69) is 0 Å². The van der Waals surface area contributed by atoms with Gasteiger partial charge in [-0.15, -0.1) is 0 Å². The predicted molar refractivity (Wildman–Crippen MR) is 137 cm³/mol. The summed E-state index contributed by atoms with van der Waals surface area (Å²) in [6.07, 6.45) is 0.517. The maximum Gasteiger partial charge on any atom is 0.295 e. The van der Waals surface area contributed by atoms with Crippen LogP contribution in [-0.4, -0.2) is 62.3 Å². The predicted octanol–water partition coefficient (Wildman–Crippen LogP) is 5.26. The topological polar surface area (TPSA) is 94.5 Å². The molecule has 1 saturated heterocycles. The highest BCUT2D eigenvalue weighted by molar-refractivity contribution is 6.47. The number of methoxy groups -OCH3 is 3. The lowest BCUT2D eigenvalue weighted by molar-refractivity contribution is -0.140. The summed E-state index contributed by atoms with van der Waals surface area (Å²) < 4.78 is 21.8. The van der Waals surface area contributed by atoms with Crippen molar-refractivity contribution in [3.8, 4) is 17.2 Å². The number of likely N-dealkylation sites (tertiary alicyclic amines) is 1. The fourth-order valence-corrected chi connectivity index (χ4v) is 4.86. The van der Waals surface area contributed by atoms with Crippen molar-refractivity contribution < 1.29 is 33.6 Å². The number of nitrogens with zero attached hydrogens (tertiary/aromatic N) is 1. The highest BCUT2D eigenvalue weighted by Crippen LogP contribution is 2.48. The number of ether oxygens (including phenoxy) is 4. The van der Waals surface area contributed by atoms with Crippen molar-refractivity contribution in [2.45, 2.75) is 32.4 Å². The second kappa shape index (κ2) is 11.9. The van der Waals surface area contributed by atoms with Gasteiger partial charge in [0, 0.05) is 18.7 Å². The Morgan fingerprint density at radius 2 is 1.72 bits per heavy atom. The van der Waals surface area contributed by atoms with E-state index in [1.165, 1.54) is 32.3 Å². The summed E-state index contributed by atoms with van der Waals surface area (Å²) in [6, 6.07) is 7.46. The Kier molecular flexibility index (Phi) is 9.11. The molecule has 0 aliphatic carbocycles. The van der Waals surface area contributed by atoms with E-state index in [1.807, 2.05) is 13.8 Å². The summed E-state index contributed by atoms with van der Waals surface area (Å²) in [7, 11) is 4.24. The first-order chi connectivity index (χ1) is 17.2. The number of halogens is 2. The number of benzene rings is 2. The molecule has 0 aromatic heterocycles. The van der Waals surface area contributed by atoms with Crippen LogP contribution in [0.2, 0.25) is 10.0 Å². The zero-order valence-corrected chi connectivity index (χ0v) is 22.3. The van der Waals surface area contributed by atoms with Crippen LogP contribution in [0.1, 0.15) is 37.4 Å². The summed E-state index contributed by atoms with van der Waals surface area (Å²) in [5.74, 6) is -1.42. The van der Waals surface area contributed by atoms with Crippen molar-refractivity contribution in [3.05, 3.63) is 57.1 Å². The molecule has 1 aliphatic rings. The van der Waals surface area contributed by atoms with Gasteiger partial charge in [-0.25, -0.2) is 0 Å². The molecule has 194 valence electrons. The van der Waals surface area contributed by atoms with Crippen LogP contribution in [0.15, 0.2) is 35.9 Å². The lowest BCUT2D eigenvalue weighted by Crippen LogP contribution is -2.31. The first-order valence-electron chi connectivity index (χ1n) is 11.3. The first-order valence-corrected chi connectivity index (χ1v) is 12.1. The Bertz CT molecular complexity index is 1180. The van der Waals surface area contributed by atoms with Gasteiger partial charge in [-0.2, -0.15) is 0 Å². The maximum atomic E-state index is 13.3. The molecule has 0 radical (unpaired) electrons. The third kappa shape index (κ3) is 5.26. The molecule has 1 aliphatic heterocycles. The molecule has 1 fully saturated rings. The summed E-state index contributed by atoms with van der Waals surface area (Å²) in [4.78, 5) is 27.9. The molecule has 2 aromatic rings. The van der Waals surface area contributed by atoms with Crippen LogP contribution < -0.4 is 14.2 Å². The van der Waals surface area contributed by atoms with Gasteiger partial charge in [-0.05, 0) is 32.4 Å². The number of aliphatic hydroxyl groups excluding tert-OH is 1. The SMILES string of the molecule is COc1ccccc1C1/C(=C(\O)c2cc(Cl)c(OC)c(Cl)c2OC)C(=O)C(=O)N1CCCOC(C)C. The van der Waals surface area contributed by atoms with Crippen molar-refractivity contribution in [1.29, 1.82) is 0 Å². The zero-order chi connectivity index (χ0) is 26.6. The fourth-order valence-electron chi connectivity index (χ4n) is 4.17. The second-order valence-electron chi connectivity index (χ2n) is 8.29. The minimum Gasteiger partial charge on any atom is -0.507 e. The monoisotopic (exact) mass is 537 g/mol. The third-order valence-electron chi connectivity index (χ3n) is 5.76. The van der Waals surface area contributed by atoms with E-state index in [4.69, 9.17) is 42.1 Å². The van der Waals surface area contributed by atoms with E-state index in [1.54, 1.807) is 24.3 Å². The Morgan fingerprint density at radius 1 is 1.06 bits per heavy atom. The summed E-state index contributed by atoms with van der Waals surface area (Å²) in [6.45, 7) is 4.45. The molecule has 3 rings (SSSR count). The number of carbonyl (C=O) groups is 2.